The first-order valence-corrected chi connectivity index (χ1v) is 7.81. The topological polar surface area (TPSA) is 79.5 Å². The lowest BCUT2D eigenvalue weighted by Gasteiger charge is -2.10. The van der Waals surface area contributed by atoms with Gasteiger partial charge >= 0.3 is 6.03 Å². The second-order valence-electron chi connectivity index (χ2n) is 5.30. The highest BCUT2D eigenvalue weighted by Gasteiger charge is 2.09. The van der Waals surface area contributed by atoms with Crippen LogP contribution >= 0.6 is 0 Å². The SMILES string of the molecule is CCOc1ccc(NC(=O)CNC(=O)Nc2cccc(C)c2)cc1F. The van der Waals surface area contributed by atoms with Gasteiger partial charge in [-0.2, -0.15) is 0 Å². The van der Waals surface area contributed by atoms with Crippen molar-refractivity contribution in [3.05, 3.63) is 53.8 Å². The van der Waals surface area contributed by atoms with E-state index in [4.69, 9.17) is 4.74 Å². The molecule has 0 bridgehead atoms. The van der Waals surface area contributed by atoms with E-state index in [2.05, 4.69) is 16.0 Å². The number of amides is 3. The van der Waals surface area contributed by atoms with E-state index in [-0.39, 0.29) is 18.0 Å². The summed E-state index contributed by atoms with van der Waals surface area (Å²) in [6.45, 7) is 3.77. The molecule has 3 N–H and O–H groups in total. The molecule has 0 aliphatic carbocycles. The highest BCUT2D eigenvalue weighted by Crippen LogP contribution is 2.21. The Labute approximate surface area is 145 Å². The fourth-order valence-electron chi connectivity index (χ4n) is 2.11. The number of hydrogen-bond acceptors (Lipinski definition) is 3. The molecule has 0 atom stereocenters. The first kappa shape index (κ1) is 18.3. The third-order valence-corrected chi connectivity index (χ3v) is 3.20. The summed E-state index contributed by atoms with van der Waals surface area (Å²) in [6, 6.07) is 10.9. The van der Waals surface area contributed by atoms with Gasteiger partial charge in [-0.3, -0.25) is 4.79 Å². The zero-order chi connectivity index (χ0) is 18.2. The lowest BCUT2D eigenvalue weighted by atomic mass is 10.2. The Morgan fingerprint density at radius 1 is 1.08 bits per heavy atom. The third kappa shape index (κ3) is 5.80. The number of ether oxygens (including phenoxy) is 1. The van der Waals surface area contributed by atoms with E-state index < -0.39 is 17.8 Å². The quantitative estimate of drug-likeness (QED) is 0.752. The van der Waals surface area contributed by atoms with E-state index in [1.807, 2.05) is 25.1 Å². The lowest BCUT2D eigenvalue weighted by molar-refractivity contribution is -0.115. The molecule has 2 aromatic rings. The molecular weight excluding hydrogens is 325 g/mol. The molecule has 3 amide bonds. The second kappa shape index (κ2) is 8.68. The molecule has 0 unspecified atom stereocenters. The van der Waals surface area contributed by atoms with Crippen LogP contribution in [0.3, 0.4) is 0 Å². The van der Waals surface area contributed by atoms with Gasteiger partial charge in [0.05, 0.1) is 13.2 Å². The van der Waals surface area contributed by atoms with Crippen LogP contribution in [0.4, 0.5) is 20.6 Å². The third-order valence-electron chi connectivity index (χ3n) is 3.20. The Morgan fingerprint density at radius 3 is 2.52 bits per heavy atom. The van der Waals surface area contributed by atoms with Gasteiger partial charge in [0.25, 0.3) is 0 Å². The fourth-order valence-corrected chi connectivity index (χ4v) is 2.11. The van der Waals surface area contributed by atoms with Gasteiger partial charge in [0.1, 0.15) is 0 Å². The number of carbonyl (C=O) groups is 2. The molecule has 0 saturated heterocycles. The highest BCUT2D eigenvalue weighted by molar-refractivity contribution is 5.97. The molecule has 0 aliphatic rings. The van der Waals surface area contributed by atoms with Crippen LogP contribution in [-0.4, -0.2) is 25.1 Å². The molecule has 132 valence electrons. The zero-order valence-electron chi connectivity index (χ0n) is 14.1. The second-order valence-corrected chi connectivity index (χ2v) is 5.30. The lowest BCUT2D eigenvalue weighted by Crippen LogP contribution is -2.35. The Morgan fingerprint density at radius 2 is 1.84 bits per heavy atom. The van der Waals surface area contributed by atoms with Crippen LogP contribution in [0.5, 0.6) is 5.75 Å². The smallest absolute Gasteiger partial charge is 0.319 e. The number of carbonyl (C=O) groups excluding carboxylic acids is 2. The van der Waals surface area contributed by atoms with Gasteiger partial charge in [-0.1, -0.05) is 12.1 Å². The van der Waals surface area contributed by atoms with Crippen molar-refractivity contribution in [2.45, 2.75) is 13.8 Å². The van der Waals surface area contributed by atoms with E-state index in [9.17, 15) is 14.0 Å². The summed E-state index contributed by atoms with van der Waals surface area (Å²) in [4.78, 5) is 23.6. The predicted molar refractivity (Wildman–Crippen MR) is 94.4 cm³/mol. The van der Waals surface area contributed by atoms with Crippen molar-refractivity contribution in [1.29, 1.82) is 0 Å². The minimum Gasteiger partial charge on any atom is -0.491 e. The maximum Gasteiger partial charge on any atom is 0.319 e. The molecule has 0 heterocycles. The summed E-state index contributed by atoms with van der Waals surface area (Å²) in [7, 11) is 0. The monoisotopic (exact) mass is 345 g/mol. The van der Waals surface area contributed by atoms with Crippen molar-refractivity contribution in [1.82, 2.24) is 5.32 Å². The van der Waals surface area contributed by atoms with Crippen LogP contribution in [0.1, 0.15) is 12.5 Å². The Kier molecular flexibility index (Phi) is 6.33. The molecule has 2 aromatic carbocycles. The first-order chi connectivity index (χ1) is 12.0. The van der Waals surface area contributed by atoms with Crippen molar-refractivity contribution in [2.24, 2.45) is 0 Å². The van der Waals surface area contributed by atoms with Gasteiger partial charge in [-0.15, -0.1) is 0 Å². The number of nitrogens with one attached hydrogen (secondary N) is 3. The number of rotatable bonds is 6. The summed E-state index contributed by atoms with van der Waals surface area (Å²) in [5.41, 5.74) is 1.92. The van der Waals surface area contributed by atoms with Crippen LogP contribution in [-0.2, 0) is 4.79 Å². The largest absolute Gasteiger partial charge is 0.491 e. The van der Waals surface area contributed by atoms with E-state index >= 15 is 0 Å². The van der Waals surface area contributed by atoms with Crippen molar-refractivity contribution in [3.63, 3.8) is 0 Å². The van der Waals surface area contributed by atoms with E-state index in [0.717, 1.165) is 11.6 Å². The van der Waals surface area contributed by atoms with Gasteiger partial charge in [0, 0.05) is 17.4 Å². The van der Waals surface area contributed by atoms with Crippen LogP contribution in [0, 0.1) is 12.7 Å². The average Bonchev–Trinajstić information content (AvgIpc) is 2.56. The van der Waals surface area contributed by atoms with E-state index in [1.54, 1.807) is 13.0 Å². The van der Waals surface area contributed by atoms with E-state index in [0.29, 0.717) is 12.3 Å². The Hall–Kier alpha value is -3.09. The van der Waals surface area contributed by atoms with Gasteiger partial charge in [-0.05, 0) is 43.7 Å². The standard InChI is InChI=1S/C18H20FN3O3/c1-3-25-16-8-7-14(10-15(16)19)21-17(23)11-20-18(24)22-13-6-4-5-12(2)9-13/h4-10H,3,11H2,1-2H3,(H,21,23)(H2,20,22,24). The maximum absolute atomic E-state index is 13.7. The molecule has 7 heteroatoms. The summed E-state index contributed by atoms with van der Waals surface area (Å²) in [5.74, 6) is -0.913. The average molecular weight is 345 g/mol. The number of anilines is 2. The number of halogens is 1. The molecule has 0 fully saturated rings. The fraction of sp³-hybridized carbons (Fsp3) is 0.222. The van der Waals surface area contributed by atoms with Crippen molar-refractivity contribution >= 4 is 23.3 Å². The van der Waals surface area contributed by atoms with Gasteiger partial charge < -0.3 is 20.7 Å². The molecule has 0 saturated carbocycles. The highest BCUT2D eigenvalue weighted by atomic mass is 19.1. The molecule has 0 aromatic heterocycles. The van der Waals surface area contributed by atoms with Crippen molar-refractivity contribution < 1.29 is 18.7 Å². The Bertz CT molecular complexity index is 765. The molecule has 2 rings (SSSR count). The predicted octanol–water partition coefficient (Wildman–Crippen LogP) is 3.29. The van der Waals surface area contributed by atoms with Crippen molar-refractivity contribution in [2.75, 3.05) is 23.8 Å². The Balaban J connectivity index is 1.82. The number of hydrogen-bond donors (Lipinski definition) is 3. The molecule has 0 radical (unpaired) electrons. The molecule has 6 nitrogen and oxygen atoms in total. The van der Waals surface area contributed by atoms with Crippen LogP contribution in [0.15, 0.2) is 42.5 Å². The van der Waals surface area contributed by atoms with Gasteiger partial charge in [0.2, 0.25) is 5.91 Å². The first-order valence-electron chi connectivity index (χ1n) is 7.81. The van der Waals surface area contributed by atoms with Gasteiger partial charge in [0.15, 0.2) is 11.6 Å². The summed E-state index contributed by atoms with van der Waals surface area (Å²) >= 11 is 0. The number of aryl methyl sites for hydroxylation is 1. The normalized spacial score (nSPS) is 10.0. The van der Waals surface area contributed by atoms with Crippen molar-refractivity contribution in [3.8, 4) is 5.75 Å². The minimum atomic E-state index is -0.565. The minimum absolute atomic E-state index is 0.121. The summed E-state index contributed by atoms with van der Waals surface area (Å²) in [6.07, 6.45) is 0. The molecule has 25 heavy (non-hydrogen) atoms. The van der Waals surface area contributed by atoms with Crippen LogP contribution in [0.2, 0.25) is 0 Å². The molecular formula is C18H20FN3O3. The van der Waals surface area contributed by atoms with Crippen LogP contribution < -0.4 is 20.7 Å². The summed E-state index contributed by atoms with van der Waals surface area (Å²) < 4.78 is 18.8. The number of benzene rings is 2. The van der Waals surface area contributed by atoms with Crippen LogP contribution in [0.25, 0.3) is 0 Å². The molecule has 0 spiro atoms. The summed E-state index contributed by atoms with van der Waals surface area (Å²) in [5, 5.41) is 7.57. The zero-order valence-corrected chi connectivity index (χ0v) is 14.1. The molecule has 0 aliphatic heterocycles. The van der Waals surface area contributed by atoms with Gasteiger partial charge in [-0.25, -0.2) is 9.18 Å². The maximum atomic E-state index is 13.7. The van der Waals surface area contributed by atoms with E-state index in [1.165, 1.54) is 12.1 Å². The number of urea groups is 1.